The van der Waals surface area contributed by atoms with E-state index >= 15 is 0 Å². The van der Waals surface area contributed by atoms with Gasteiger partial charge in [0.25, 0.3) is 5.91 Å². The second-order valence-corrected chi connectivity index (χ2v) is 5.81. The van der Waals surface area contributed by atoms with Gasteiger partial charge in [0.15, 0.2) is 0 Å². The molecule has 0 fully saturated rings. The number of anilines is 1. The van der Waals surface area contributed by atoms with E-state index in [-0.39, 0.29) is 35.3 Å². The summed E-state index contributed by atoms with van der Waals surface area (Å²) in [6.45, 7) is -0.0481. The Bertz CT molecular complexity index is 802. The second kappa shape index (κ2) is 10.1. The molecule has 27 heavy (non-hydrogen) atoms. The average Bonchev–Trinajstić information content (AvgIpc) is 2.66. The molecule has 0 radical (unpaired) electrons. The Morgan fingerprint density at radius 3 is 2.41 bits per heavy atom. The molecule has 0 saturated carbocycles. The van der Waals surface area contributed by atoms with Gasteiger partial charge < -0.3 is 30.4 Å². The van der Waals surface area contributed by atoms with Crippen molar-refractivity contribution in [2.75, 3.05) is 33.6 Å². The number of nitrogens with one attached hydrogen (secondary N) is 1. The Kier molecular flexibility index (Phi) is 8.49. The molecule has 1 amide bonds. The van der Waals surface area contributed by atoms with E-state index < -0.39 is 12.0 Å². The van der Waals surface area contributed by atoms with Crippen LogP contribution < -0.4 is 25.3 Å². The first-order valence-electron chi connectivity index (χ1n) is 7.72. The number of nitrogens with two attached hydrogens (primary N) is 1. The van der Waals surface area contributed by atoms with E-state index in [2.05, 4.69) is 5.32 Å². The summed E-state index contributed by atoms with van der Waals surface area (Å²) in [5.74, 6) is 0.890. The number of nitrogen functional groups attached to an aromatic ring is 1. The van der Waals surface area contributed by atoms with Crippen LogP contribution >= 0.6 is 24.0 Å². The average molecular weight is 417 g/mol. The van der Waals surface area contributed by atoms with Gasteiger partial charge in [0.1, 0.15) is 23.4 Å². The third-order valence-corrected chi connectivity index (χ3v) is 4.14. The van der Waals surface area contributed by atoms with Crippen LogP contribution in [0.2, 0.25) is 5.02 Å². The van der Waals surface area contributed by atoms with E-state index in [4.69, 9.17) is 31.5 Å². The third-order valence-electron chi connectivity index (χ3n) is 3.82. The second-order valence-electron chi connectivity index (χ2n) is 5.41. The highest BCUT2D eigenvalue weighted by atomic mass is 35.5. The molecule has 0 aliphatic carbocycles. The third kappa shape index (κ3) is 5.32. The molecule has 0 saturated heterocycles. The topological polar surface area (TPSA) is 103 Å². The fourth-order valence-electron chi connectivity index (χ4n) is 2.41. The van der Waals surface area contributed by atoms with Crippen LogP contribution in [0.5, 0.6) is 17.2 Å². The Labute approximate surface area is 168 Å². The number of carbonyl (C=O) groups excluding carboxylic acids is 1. The molecule has 1 unspecified atom stereocenters. The van der Waals surface area contributed by atoms with Crippen molar-refractivity contribution >= 4 is 35.6 Å². The molecule has 2 rings (SSSR count). The predicted molar refractivity (Wildman–Crippen MR) is 107 cm³/mol. The lowest BCUT2D eigenvalue weighted by molar-refractivity contribution is 0.0911. The molecule has 0 aliphatic heterocycles. The van der Waals surface area contributed by atoms with Crippen molar-refractivity contribution in [3.63, 3.8) is 0 Å². The van der Waals surface area contributed by atoms with Crippen molar-refractivity contribution in [2.24, 2.45) is 0 Å². The summed E-state index contributed by atoms with van der Waals surface area (Å²) in [7, 11) is 4.45. The lowest BCUT2D eigenvalue weighted by Crippen LogP contribution is -2.29. The molecule has 2 aromatic carbocycles. The maximum absolute atomic E-state index is 12.4. The monoisotopic (exact) mass is 416 g/mol. The van der Waals surface area contributed by atoms with Crippen LogP contribution in [0.15, 0.2) is 30.3 Å². The number of hydrogen-bond donors (Lipinski definition) is 3. The molecule has 0 spiro atoms. The first kappa shape index (κ1) is 22.7. The molecular weight excluding hydrogens is 395 g/mol. The highest BCUT2D eigenvalue weighted by Gasteiger charge is 2.19. The quantitative estimate of drug-likeness (QED) is 0.599. The number of aliphatic hydroxyl groups excluding tert-OH is 1. The van der Waals surface area contributed by atoms with E-state index in [0.29, 0.717) is 22.7 Å². The maximum Gasteiger partial charge on any atom is 0.255 e. The smallest absolute Gasteiger partial charge is 0.255 e. The number of rotatable bonds is 7. The van der Waals surface area contributed by atoms with Crippen molar-refractivity contribution in [1.29, 1.82) is 0 Å². The van der Waals surface area contributed by atoms with Gasteiger partial charge in [-0.05, 0) is 24.3 Å². The number of halogens is 2. The van der Waals surface area contributed by atoms with E-state index in [9.17, 15) is 9.90 Å². The van der Waals surface area contributed by atoms with Gasteiger partial charge in [-0.2, -0.15) is 0 Å². The van der Waals surface area contributed by atoms with Crippen molar-refractivity contribution in [1.82, 2.24) is 5.32 Å². The minimum absolute atomic E-state index is 0. The maximum atomic E-state index is 12.4. The summed E-state index contributed by atoms with van der Waals surface area (Å²) < 4.78 is 15.6. The van der Waals surface area contributed by atoms with Crippen LogP contribution in [0.1, 0.15) is 22.0 Å². The molecular formula is C18H22Cl2N2O5. The molecule has 0 aromatic heterocycles. The lowest BCUT2D eigenvalue weighted by atomic mass is 10.1. The Hall–Kier alpha value is -2.35. The zero-order valence-electron chi connectivity index (χ0n) is 15.1. The van der Waals surface area contributed by atoms with Crippen molar-refractivity contribution in [3.8, 4) is 17.2 Å². The largest absolute Gasteiger partial charge is 0.497 e. The zero-order chi connectivity index (χ0) is 19.3. The van der Waals surface area contributed by atoms with Crippen molar-refractivity contribution in [2.45, 2.75) is 6.10 Å². The van der Waals surface area contributed by atoms with Gasteiger partial charge >= 0.3 is 0 Å². The molecule has 1 atom stereocenters. The Balaban J connectivity index is 0.00000364. The van der Waals surface area contributed by atoms with E-state index in [1.54, 1.807) is 18.2 Å². The van der Waals surface area contributed by atoms with Gasteiger partial charge in [-0.25, -0.2) is 0 Å². The lowest BCUT2D eigenvalue weighted by Gasteiger charge is -2.17. The van der Waals surface area contributed by atoms with Crippen molar-refractivity contribution < 1.29 is 24.1 Å². The SMILES string of the molecule is COc1ccc(OC)c(C(O)CNC(=O)c2cc(Cl)c(N)cc2OC)c1.Cl. The van der Waals surface area contributed by atoms with Crippen LogP contribution in [0, 0.1) is 0 Å². The number of ether oxygens (including phenoxy) is 3. The van der Waals surface area contributed by atoms with Gasteiger partial charge in [0.2, 0.25) is 0 Å². The first-order valence-corrected chi connectivity index (χ1v) is 8.10. The normalized spacial score (nSPS) is 11.1. The minimum Gasteiger partial charge on any atom is -0.497 e. The highest BCUT2D eigenvalue weighted by Crippen LogP contribution is 2.30. The van der Waals surface area contributed by atoms with Crippen LogP contribution in [0.25, 0.3) is 0 Å². The van der Waals surface area contributed by atoms with Crippen molar-refractivity contribution in [3.05, 3.63) is 46.5 Å². The van der Waals surface area contributed by atoms with E-state index in [1.807, 2.05) is 0 Å². The van der Waals surface area contributed by atoms with Gasteiger partial charge in [0, 0.05) is 18.2 Å². The summed E-state index contributed by atoms with van der Waals surface area (Å²) in [6, 6.07) is 7.94. The predicted octanol–water partition coefficient (Wildman–Crippen LogP) is 2.83. The number of amides is 1. The highest BCUT2D eigenvalue weighted by molar-refractivity contribution is 6.33. The molecule has 0 bridgehead atoms. The molecule has 0 aliphatic rings. The molecule has 0 heterocycles. The van der Waals surface area contributed by atoms with Gasteiger partial charge in [-0.15, -0.1) is 12.4 Å². The molecule has 7 nitrogen and oxygen atoms in total. The fraction of sp³-hybridized carbons (Fsp3) is 0.278. The molecule has 4 N–H and O–H groups in total. The summed E-state index contributed by atoms with van der Waals surface area (Å²) >= 11 is 5.98. The summed E-state index contributed by atoms with van der Waals surface area (Å²) in [5.41, 5.74) is 6.73. The fourth-order valence-corrected chi connectivity index (χ4v) is 2.57. The first-order chi connectivity index (χ1) is 12.4. The number of hydrogen-bond acceptors (Lipinski definition) is 6. The number of carbonyl (C=O) groups is 1. The van der Waals surface area contributed by atoms with Gasteiger partial charge in [-0.1, -0.05) is 11.6 Å². The molecule has 9 heteroatoms. The molecule has 2 aromatic rings. The Morgan fingerprint density at radius 2 is 1.81 bits per heavy atom. The van der Waals surface area contributed by atoms with Crippen LogP contribution in [-0.4, -0.2) is 38.9 Å². The summed E-state index contributed by atoms with van der Waals surface area (Å²) in [6.07, 6.45) is -1.00. The number of benzene rings is 2. The van der Waals surface area contributed by atoms with Crippen LogP contribution in [-0.2, 0) is 0 Å². The van der Waals surface area contributed by atoms with E-state index in [0.717, 1.165) is 0 Å². The van der Waals surface area contributed by atoms with Gasteiger partial charge in [-0.3, -0.25) is 4.79 Å². The molecule has 148 valence electrons. The number of methoxy groups -OCH3 is 3. The van der Waals surface area contributed by atoms with Crippen LogP contribution in [0.3, 0.4) is 0 Å². The minimum atomic E-state index is -1.00. The van der Waals surface area contributed by atoms with Gasteiger partial charge in [0.05, 0.1) is 37.6 Å². The Morgan fingerprint density at radius 1 is 1.15 bits per heavy atom. The standard InChI is InChI=1S/C18H21ClN2O5.ClH/c1-24-10-4-5-16(25-2)11(6-10)15(22)9-21-18(23)12-7-13(19)14(20)8-17(12)26-3;/h4-8,15,22H,9,20H2,1-3H3,(H,21,23);1H. The summed E-state index contributed by atoms with van der Waals surface area (Å²) in [5, 5.41) is 13.3. The van der Waals surface area contributed by atoms with Crippen LogP contribution in [0.4, 0.5) is 5.69 Å². The number of aliphatic hydroxyl groups is 1. The zero-order valence-corrected chi connectivity index (χ0v) is 16.7. The van der Waals surface area contributed by atoms with E-state index in [1.165, 1.54) is 33.5 Å². The summed E-state index contributed by atoms with van der Waals surface area (Å²) in [4.78, 5) is 12.4.